The molecule has 4 aliphatic heterocycles. The predicted molar refractivity (Wildman–Crippen MR) is 121 cm³/mol. The summed E-state index contributed by atoms with van der Waals surface area (Å²) in [6.07, 6.45) is 4.82. The van der Waals surface area contributed by atoms with Crippen molar-refractivity contribution in [2.45, 2.75) is 69.2 Å². The van der Waals surface area contributed by atoms with Gasteiger partial charge in [-0.3, -0.25) is 9.59 Å². The van der Waals surface area contributed by atoms with Crippen molar-refractivity contribution in [2.75, 3.05) is 38.2 Å². The van der Waals surface area contributed by atoms with Gasteiger partial charge in [-0.05, 0) is 43.9 Å². The number of piperidine rings is 1. The van der Waals surface area contributed by atoms with Gasteiger partial charge in [0.15, 0.2) is 0 Å². The van der Waals surface area contributed by atoms with Crippen LogP contribution in [-0.2, 0) is 19.1 Å². The van der Waals surface area contributed by atoms with E-state index in [9.17, 15) is 14.7 Å². The highest BCUT2D eigenvalue weighted by Gasteiger charge is 2.46. The zero-order valence-electron chi connectivity index (χ0n) is 19.0. The third-order valence-corrected chi connectivity index (χ3v) is 7.45. The number of hydrogen-bond acceptors (Lipinski definition) is 6. The Kier molecular flexibility index (Phi) is 6.85. The van der Waals surface area contributed by atoms with Gasteiger partial charge in [0.1, 0.15) is 11.9 Å². The summed E-state index contributed by atoms with van der Waals surface area (Å²) in [7, 11) is 0. The number of aliphatic hydroxyl groups excluding tert-OH is 1. The molecule has 33 heavy (non-hydrogen) atoms. The van der Waals surface area contributed by atoms with Crippen LogP contribution in [0.3, 0.4) is 0 Å². The topological polar surface area (TPSA) is 97.3 Å². The summed E-state index contributed by atoms with van der Waals surface area (Å²) in [5.74, 6) is -0.00381. The largest absolute Gasteiger partial charge is 0.490 e. The number of nitrogens with one attached hydrogen (secondary N) is 1. The summed E-state index contributed by atoms with van der Waals surface area (Å²) in [4.78, 5) is 28.0. The zero-order chi connectivity index (χ0) is 22.8. The highest BCUT2D eigenvalue weighted by molar-refractivity contribution is 5.95. The standard InChI is InChI=1S/C25H34N2O6/c28-15-22-24-20(13-18(33-22)14-23(29)27-8-2-1-3-9-27)19-12-16(26-25(24)30)4-5-21(19)32-17-6-10-31-11-7-17/h4-5,12,17-18,20,22,24,28H,1-3,6-11,13-15H2,(H,26,30)/t18-,20-,22-,24+/m0/s1. The molecule has 4 heterocycles. The number of anilines is 1. The lowest BCUT2D eigenvalue weighted by molar-refractivity contribution is -0.152. The Balaban J connectivity index is 1.39. The fraction of sp³-hybridized carbons (Fsp3) is 0.680. The van der Waals surface area contributed by atoms with E-state index in [1.807, 2.05) is 23.1 Å². The molecule has 4 aliphatic rings. The molecule has 0 radical (unpaired) electrons. The van der Waals surface area contributed by atoms with E-state index in [0.29, 0.717) is 19.6 Å². The first-order valence-corrected chi connectivity index (χ1v) is 12.4. The molecule has 0 spiro atoms. The lowest BCUT2D eigenvalue weighted by atomic mass is 9.76. The maximum Gasteiger partial charge on any atom is 0.230 e. The minimum absolute atomic E-state index is 0.0798. The summed E-state index contributed by atoms with van der Waals surface area (Å²) >= 11 is 0. The van der Waals surface area contributed by atoms with Crippen LogP contribution in [0.2, 0.25) is 0 Å². The molecule has 2 bridgehead atoms. The molecule has 180 valence electrons. The maximum atomic E-state index is 13.1. The molecular weight excluding hydrogens is 424 g/mol. The second kappa shape index (κ2) is 9.99. The van der Waals surface area contributed by atoms with E-state index in [1.165, 1.54) is 6.42 Å². The molecule has 0 aromatic heterocycles. The van der Waals surface area contributed by atoms with E-state index >= 15 is 0 Å². The zero-order valence-corrected chi connectivity index (χ0v) is 19.0. The van der Waals surface area contributed by atoms with Gasteiger partial charge in [0.25, 0.3) is 0 Å². The van der Waals surface area contributed by atoms with Gasteiger partial charge in [-0.15, -0.1) is 0 Å². The Morgan fingerprint density at radius 2 is 1.97 bits per heavy atom. The molecule has 0 unspecified atom stereocenters. The van der Waals surface area contributed by atoms with Crippen molar-refractivity contribution in [3.8, 4) is 5.75 Å². The number of amides is 2. The van der Waals surface area contributed by atoms with Crippen LogP contribution in [0.1, 0.15) is 56.4 Å². The van der Waals surface area contributed by atoms with Crippen LogP contribution in [0.25, 0.3) is 0 Å². The summed E-state index contributed by atoms with van der Waals surface area (Å²) in [6, 6.07) is 5.78. The van der Waals surface area contributed by atoms with Crippen LogP contribution >= 0.6 is 0 Å². The van der Waals surface area contributed by atoms with Crippen LogP contribution in [0.15, 0.2) is 18.2 Å². The molecule has 3 fully saturated rings. The number of hydrogen-bond donors (Lipinski definition) is 2. The smallest absolute Gasteiger partial charge is 0.230 e. The van der Waals surface area contributed by atoms with Crippen LogP contribution in [0.4, 0.5) is 5.69 Å². The van der Waals surface area contributed by atoms with Crippen molar-refractivity contribution in [1.29, 1.82) is 0 Å². The molecule has 8 heteroatoms. The van der Waals surface area contributed by atoms with E-state index in [-0.39, 0.29) is 43.0 Å². The molecule has 4 atom stereocenters. The third kappa shape index (κ3) is 4.88. The minimum Gasteiger partial charge on any atom is -0.490 e. The average molecular weight is 459 g/mol. The Bertz CT molecular complexity index is 864. The summed E-state index contributed by atoms with van der Waals surface area (Å²) < 4.78 is 18.0. The van der Waals surface area contributed by atoms with Crippen LogP contribution in [-0.4, -0.2) is 73.0 Å². The number of likely N-dealkylation sites (tertiary alicyclic amines) is 1. The highest BCUT2D eigenvalue weighted by atomic mass is 16.5. The number of carbonyl (C=O) groups excluding carboxylic acids is 2. The van der Waals surface area contributed by atoms with Crippen molar-refractivity contribution < 1.29 is 28.9 Å². The number of benzene rings is 1. The molecule has 1 aromatic carbocycles. The van der Waals surface area contributed by atoms with Gasteiger partial charge in [-0.1, -0.05) is 0 Å². The van der Waals surface area contributed by atoms with E-state index in [2.05, 4.69) is 5.32 Å². The van der Waals surface area contributed by atoms with Crippen LogP contribution in [0.5, 0.6) is 5.75 Å². The molecule has 1 aromatic rings. The van der Waals surface area contributed by atoms with Gasteiger partial charge in [0.2, 0.25) is 11.8 Å². The van der Waals surface area contributed by atoms with Crippen LogP contribution in [0, 0.1) is 5.92 Å². The average Bonchev–Trinajstić information content (AvgIpc) is 2.96. The summed E-state index contributed by atoms with van der Waals surface area (Å²) in [6.45, 7) is 2.70. The Labute approximate surface area is 194 Å². The number of nitrogens with zero attached hydrogens (tertiary/aromatic N) is 1. The first-order chi connectivity index (χ1) is 16.1. The maximum absolute atomic E-state index is 13.1. The lowest BCUT2D eigenvalue weighted by Crippen LogP contribution is -2.48. The molecule has 5 rings (SSSR count). The normalized spacial score (nSPS) is 30.2. The molecule has 0 saturated carbocycles. The highest BCUT2D eigenvalue weighted by Crippen LogP contribution is 2.46. The molecule has 0 aliphatic carbocycles. The molecular formula is C25H34N2O6. The fourth-order valence-corrected chi connectivity index (χ4v) is 5.73. The predicted octanol–water partition coefficient (Wildman–Crippen LogP) is 2.45. The Morgan fingerprint density at radius 1 is 1.18 bits per heavy atom. The van der Waals surface area contributed by atoms with E-state index in [1.54, 1.807) is 0 Å². The number of carbonyl (C=O) groups is 2. The molecule has 8 nitrogen and oxygen atoms in total. The molecule has 2 N–H and O–H groups in total. The Morgan fingerprint density at radius 3 is 2.73 bits per heavy atom. The van der Waals surface area contributed by atoms with Gasteiger partial charge in [-0.2, -0.15) is 0 Å². The summed E-state index contributed by atoms with van der Waals surface area (Å²) in [5, 5.41) is 13.1. The molecule has 2 amide bonds. The van der Waals surface area contributed by atoms with E-state index < -0.39 is 12.0 Å². The van der Waals surface area contributed by atoms with Gasteiger partial charge >= 0.3 is 0 Å². The van der Waals surface area contributed by atoms with Gasteiger partial charge in [0.05, 0.1) is 44.4 Å². The molecule has 3 saturated heterocycles. The number of aliphatic hydroxyl groups is 1. The van der Waals surface area contributed by atoms with Gasteiger partial charge < -0.3 is 29.5 Å². The van der Waals surface area contributed by atoms with Crippen molar-refractivity contribution >= 4 is 17.5 Å². The monoisotopic (exact) mass is 458 g/mol. The quantitative estimate of drug-likeness (QED) is 0.704. The van der Waals surface area contributed by atoms with Crippen molar-refractivity contribution in [3.05, 3.63) is 23.8 Å². The third-order valence-electron chi connectivity index (χ3n) is 7.45. The van der Waals surface area contributed by atoms with Crippen molar-refractivity contribution in [2.24, 2.45) is 5.92 Å². The van der Waals surface area contributed by atoms with Gasteiger partial charge in [-0.25, -0.2) is 0 Å². The minimum atomic E-state index is -0.659. The lowest BCUT2D eigenvalue weighted by Gasteiger charge is -2.41. The van der Waals surface area contributed by atoms with E-state index in [4.69, 9.17) is 14.2 Å². The van der Waals surface area contributed by atoms with Crippen molar-refractivity contribution in [1.82, 2.24) is 4.90 Å². The van der Waals surface area contributed by atoms with Crippen molar-refractivity contribution in [3.63, 3.8) is 0 Å². The first kappa shape index (κ1) is 22.6. The van der Waals surface area contributed by atoms with E-state index in [0.717, 1.165) is 55.8 Å². The number of ether oxygens (including phenoxy) is 3. The SMILES string of the molecule is O=C1Nc2ccc(OC3CCOCC3)c(c2)[C@@H]2C[C@@H](CC(=O)N3CCCCC3)O[C@@H](CO)[C@H]12. The Hall–Kier alpha value is -2.16. The van der Waals surface area contributed by atoms with Gasteiger partial charge in [0, 0.05) is 43.1 Å². The second-order valence-corrected chi connectivity index (χ2v) is 9.66. The fourth-order valence-electron chi connectivity index (χ4n) is 5.73. The number of rotatable bonds is 5. The second-order valence-electron chi connectivity index (χ2n) is 9.66. The number of fused-ring (bicyclic) bond motifs is 4. The first-order valence-electron chi connectivity index (χ1n) is 12.4. The van der Waals surface area contributed by atoms with Crippen LogP contribution < -0.4 is 10.1 Å². The summed E-state index contributed by atoms with van der Waals surface area (Å²) in [5.41, 5.74) is 1.68.